The zero-order chi connectivity index (χ0) is 16.7. The predicted molar refractivity (Wildman–Crippen MR) is 90.9 cm³/mol. The van der Waals surface area contributed by atoms with E-state index in [1.807, 2.05) is 30.3 Å². The smallest absolute Gasteiger partial charge is 0.319 e. The Kier molecular flexibility index (Phi) is 6.00. The van der Waals surface area contributed by atoms with Gasteiger partial charge in [-0.05, 0) is 30.7 Å². The number of aliphatic hydroxyl groups is 1. The molecule has 2 amide bonds. The molecular formula is C18H22N2O3. The molecule has 0 aromatic heterocycles. The summed E-state index contributed by atoms with van der Waals surface area (Å²) in [6.07, 6.45) is 0.716. The number of carbonyl (C=O) groups is 1. The van der Waals surface area contributed by atoms with Crippen LogP contribution >= 0.6 is 0 Å². The fraction of sp³-hybridized carbons (Fsp3) is 0.278. The van der Waals surface area contributed by atoms with Crippen LogP contribution in [0.2, 0.25) is 0 Å². The highest BCUT2D eigenvalue weighted by Gasteiger charge is 2.09. The third-order valence-electron chi connectivity index (χ3n) is 3.43. The third kappa shape index (κ3) is 5.00. The lowest BCUT2D eigenvalue weighted by Crippen LogP contribution is -2.38. The quantitative estimate of drug-likeness (QED) is 0.768. The van der Waals surface area contributed by atoms with E-state index in [2.05, 4.69) is 22.8 Å². The van der Waals surface area contributed by atoms with Crippen molar-refractivity contribution in [3.05, 3.63) is 59.7 Å². The normalized spacial score (nSPS) is 11.6. The molecule has 1 atom stereocenters. The van der Waals surface area contributed by atoms with E-state index >= 15 is 0 Å². The van der Waals surface area contributed by atoms with Gasteiger partial charge in [-0.25, -0.2) is 4.79 Å². The second-order valence-electron chi connectivity index (χ2n) is 5.37. The summed E-state index contributed by atoms with van der Waals surface area (Å²) in [5.41, 5.74) is 2.84. The Morgan fingerprint density at radius 2 is 1.96 bits per heavy atom. The minimum atomic E-state index is -0.345. The molecule has 5 nitrogen and oxygen atoms in total. The highest BCUT2D eigenvalue weighted by molar-refractivity contribution is 5.89. The lowest BCUT2D eigenvalue weighted by molar-refractivity contribution is 0.229. The number of methoxy groups -OCH3 is 1. The first-order valence-corrected chi connectivity index (χ1v) is 7.51. The molecule has 0 radical (unpaired) electrons. The van der Waals surface area contributed by atoms with Crippen molar-refractivity contribution in [2.75, 3.05) is 19.0 Å². The molecule has 0 heterocycles. The van der Waals surface area contributed by atoms with Crippen LogP contribution in [0.3, 0.4) is 0 Å². The molecule has 122 valence electrons. The van der Waals surface area contributed by atoms with E-state index < -0.39 is 0 Å². The Bertz CT molecular complexity index is 644. The molecular weight excluding hydrogens is 292 g/mol. The average molecular weight is 314 g/mol. The minimum absolute atomic E-state index is 0.102. The molecule has 0 aliphatic rings. The standard InChI is InChI=1S/C18H22N2O3/c1-13(12-21)19-18(22)20-16-8-9-17(23-2)15(11-16)10-14-6-4-3-5-7-14/h3-9,11,13,21H,10,12H2,1-2H3,(H2,19,20,22)/t13-/m0/s1. The van der Waals surface area contributed by atoms with Crippen molar-refractivity contribution in [3.8, 4) is 5.75 Å². The van der Waals surface area contributed by atoms with Crippen LogP contribution in [-0.4, -0.2) is 30.9 Å². The van der Waals surface area contributed by atoms with Crippen LogP contribution in [0.25, 0.3) is 0 Å². The molecule has 3 N–H and O–H groups in total. The fourth-order valence-corrected chi connectivity index (χ4v) is 2.25. The van der Waals surface area contributed by atoms with Crippen LogP contribution in [0.5, 0.6) is 5.75 Å². The first-order valence-electron chi connectivity index (χ1n) is 7.51. The molecule has 0 saturated carbocycles. The number of urea groups is 1. The zero-order valence-electron chi connectivity index (χ0n) is 13.4. The molecule has 23 heavy (non-hydrogen) atoms. The van der Waals surface area contributed by atoms with Crippen LogP contribution in [0.15, 0.2) is 48.5 Å². The van der Waals surface area contributed by atoms with E-state index in [-0.39, 0.29) is 18.7 Å². The first-order chi connectivity index (χ1) is 11.1. The molecule has 5 heteroatoms. The molecule has 0 saturated heterocycles. The summed E-state index contributed by atoms with van der Waals surface area (Å²) in [6, 6.07) is 14.9. The Morgan fingerprint density at radius 3 is 2.61 bits per heavy atom. The number of hydrogen-bond acceptors (Lipinski definition) is 3. The largest absolute Gasteiger partial charge is 0.496 e. The molecule has 0 fully saturated rings. The van der Waals surface area contributed by atoms with Gasteiger partial charge in [0.25, 0.3) is 0 Å². The van der Waals surface area contributed by atoms with Crippen LogP contribution in [0, 0.1) is 0 Å². The van der Waals surface area contributed by atoms with Gasteiger partial charge in [-0.1, -0.05) is 30.3 Å². The molecule has 0 unspecified atom stereocenters. The van der Waals surface area contributed by atoms with E-state index in [0.717, 1.165) is 11.3 Å². The van der Waals surface area contributed by atoms with E-state index in [1.54, 1.807) is 20.1 Å². The summed E-state index contributed by atoms with van der Waals surface area (Å²) in [6.45, 7) is 1.63. The Balaban J connectivity index is 2.13. The van der Waals surface area contributed by atoms with Gasteiger partial charge in [-0.15, -0.1) is 0 Å². The highest BCUT2D eigenvalue weighted by atomic mass is 16.5. The zero-order valence-corrected chi connectivity index (χ0v) is 13.4. The molecule has 2 rings (SSSR count). The molecule has 0 spiro atoms. The number of rotatable bonds is 6. The van der Waals surface area contributed by atoms with E-state index in [9.17, 15) is 4.79 Å². The summed E-state index contributed by atoms with van der Waals surface area (Å²) in [5, 5.41) is 14.4. The van der Waals surface area contributed by atoms with Crippen LogP contribution in [0.4, 0.5) is 10.5 Å². The summed E-state index contributed by atoms with van der Waals surface area (Å²) in [4.78, 5) is 11.8. The van der Waals surface area contributed by atoms with Crippen LogP contribution < -0.4 is 15.4 Å². The second-order valence-corrected chi connectivity index (χ2v) is 5.37. The van der Waals surface area contributed by atoms with Gasteiger partial charge in [0.15, 0.2) is 0 Å². The maximum absolute atomic E-state index is 11.8. The number of aliphatic hydroxyl groups excluding tert-OH is 1. The lowest BCUT2D eigenvalue weighted by Gasteiger charge is -2.14. The number of benzene rings is 2. The van der Waals surface area contributed by atoms with Crippen molar-refractivity contribution < 1.29 is 14.6 Å². The minimum Gasteiger partial charge on any atom is -0.496 e. The number of hydrogen-bond donors (Lipinski definition) is 3. The predicted octanol–water partition coefficient (Wildman–Crippen LogP) is 2.79. The van der Waals surface area contributed by atoms with Crippen LogP contribution in [0.1, 0.15) is 18.1 Å². The molecule has 0 bridgehead atoms. The van der Waals surface area contributed by atoms with Crippen molar-refractivity contribution in [2.24, 2.45) is 0 Å². The van der Waals surface area contributed by atoms with Gasteiger partial charge >= 0.3 is 6.03 Å². The van der Waals surface area contributed by atoms with Crippen molar-refractivity contribution in [3.63, 3.8) is 0 Å². The van der Waals surface area contributed by atoms with E-state index in [4.69, 9.17) is 9.84 Å². The lowest BCUT2D eigenvalue weighted by atomic mass is 10.0. The Morgan fingerprint density at radius 1 is 1.22 bits per heavy atom. The second kappa shape index (κ2) is 8.19. The van der Waals surface area contributed by atoms with Gasteiger partial charge in [0, 0.05) is 17.7 Å². The number of nitrogens with one attached hydrogen (secondary N) is 2. The van der Waals surface area contributed by atoms with E-state index in [1.165, 1.54) is 5.56 Å². The summed E-state index contributed by atoms with van der Waals surface area (Å²) >= 11 is 0. The third-order valence-corrected chi connectivity index (χ3v) is 3.43. The fourth-order valence-electron chi connectivity index (χ4n) is 2.25. The van der Waals surface area contributed by atoms with Gasteiger partial charge in [0.2, 0.25) is 0 Å². The molecule has 0 aliphatic heterocycles. The average Bonchev–Trinajstić information content (AvgIpc) is 2.56. The molecule has 2 aromatic rings. The van der Waals surface area contributed by atoms with Crippen molar-refractivity contribution in [2.45, 2.75) is 19.4 Å². The van der Waals surface area contributed by atoms with Crippen LogP contribution in [-0.2, 0) is 6.42 Å². The topological polar surface area (TPSA) is 70.6 Å². The molecule has 2 aromatic carbocycles. The first kappa shape index (κ1) is 16.8. The highest BCUT2D eigenvalue weighted by Crippen LogP contribution is 2.25. The number of carbonyl (C=O) groups excluding carboxylic acids is 1. The van der Waals surface area contributed by atoms with Crippen molar-refractivity contribution in [1.29, 1.82) is 0 Å². The summed E-state index contributed by atoms with van der Waals surface area (Å²) < 4.78 is 5.40. The van der Waals surface area contributed by atoms with Gasteiger partial charge in [-0.2, -0.15) is 0 Å². The maximum Gasteiger partial charge on any atom is 0.319 e. The molecule has 0 aliphatic carbocycles. The summed E-state index contributed by atoms with van der Waals surface area (Å²) in [5.74, 6) is 0.781. The van der Waals surface area contributed by atoms with Crippen molar-refractivity contribution >= 4 is 11.7 Å². The van der Waals surface area contributed by atoms with Gasteiger partial charge in [0.1, 0.15) is 5.75 Å². The number of anilines is 1. The van der Waals surface area contributed by atoms with Crippen molar-refractivity contribution in [1.82, 2.24) is 5.32 Å². The number of ether oxygens (including phenoxy) is 1. The maximum atomic E-state index is 11.8. The SMILES string of the molecule is COc1ccc(NC(=O)N[C@@H](C)CO)cc1Cc1ccccc1. The van der Waals surface area contributed by atoms with E-state index in [0.29, 0.717) is 12.1 Å². The number of amides is 2. The van der Waals surface area contributed by atoms with Gasteiger partial charge in [0.05, 0.1) is 19.8 Å². The van der Waals surface area contributed by atoms with Gasteiger partial charge < -0.3 is 20.5 Å². The monoisotopic (exact) mass is 314 g/mol. The summed E-state index contributed by atoms with van der Waals surface area (Å²) in [7, 11) is 1.63. The Hall–Kier alpha value is -2.53. The van der Waals surface area contributed by atoms with Gasteiger partial charge in [-0.3, -0.25) is 0 Å². The Labute approximate surface area is 136 Å².